The van der Waals surface area contributed by atoms with Gasteiger partial charge < -0.3 is 21.5 Å². The van der Waals surface area contributed by atoms with Crippen molar-refractivity contribution in [1.82, 2.24) is 10.6 Å². The minimum absolute atomic E-state index is 0.118. The highest BCUT2D eigenvalue weighted by atomic mass is 16.3. The summed E-state index contributed by atoms with van der Waals surface area (Å²) in [6.45, 7) is 5.94. The molecule has 0 bridgehead atoms. The maximum atomic E-state index is 10.3. The Morgan fingerprint density at radius 3 is 2.54 bits per heavy atom. The van der Waals surface area contributed by atoms with E-state index in [0.29, 0.717) is 19.6 Å². The van der Waals surface area contributed by atoms with Crippen LogP contribution in [-0.4, -0.2) is 37.4 Å². The van der Waals surface area contributed by atoms with E-state index in [9.17, 15) is 4.79 Å². The van der Waals surface area contributed by atoms with Crippen LogP contribution in [0.4, 0.5) is 4.79 Å². The van der Waals surface area contributed by atoms with Crippen molar-refractivity contribution in [2.24, 2.45) is 11.1 Å². The monoisotopic (exact) mass is 189 g/mol. The van der Waals surface area contributed by atoms with Crippen LogP contribution < -0.4 is 16.4 Å². The van der Waals surface area contributed by atoms with Gasteiger partial charge >= 0.3 is 6.03 Å². The molecule has 2 amide bonds. The van der Waals surface area contributed by atoms with Gasteiger partial charge in [-0.1, -0.05) is 13.8 Å². The number of nitrogens with one attached hydrogen (secondary N) is 2. The SMILES string of the molecule is CC(C)(CO)CNCCNC(N)=O. The topological polar surface area (TPSA) is 87.4 Å². The third-order valence-electron chi connectivity index (χ3n) is 1.63. The zero-order valence-electron chi connectivity index (χ0n) is 8.26. The smallest absolute Gasteiger partial charge is 0.312 e. The molecule has 0 saturated carbocycles. The van der Waals surface area contributed by atoms with Gasteiger partial charge in [0.25, 0.3) is 0 Å². The molecule has 0 aromatic carbocycles. The summed E-state index contributed by atoms with van der Waals surface area (Å²) < 4.78 is 0. The van der Waals surface area contributed by atoms with Crippen molar-refractivity contribution in [2.75, 3.05) is 26.2 Å². The number of rotatable bonds is 6. The molecule has 13 heavy (non-hydrogen) atoms. The molecular formula is C8H19N3O2. The summed E-state index contributed by atoms with van der Waals surface area (Å²) in [4.78, 5) is 10.3. The quantitative estimate of drug-likeness (QED) is 0.415. The lowest BCUT2D eigenvalue weighted by Gasteiger charge is -2.21. The second-order valence-electron chi connectivity index (χ2n) is 3.79. The van der Waals surface area contributed by atoms with Crippen molar-refractivity contribution in [3.8, 4) is 0 Å². The van der Waals surface area contributed by atoms with Crippen LogP contribution in [0.25, 0.3) is 0 Å². The Kier molecular flexibility index (Phi) is 5.41. The van der Waals surface area contributed by atoms with Crippen molar-refractivity contribution in [1.29, 1.82) is 0 Å². The Hall–Kier alpha value is -0.810. The number of aliphatic hydroxyl groups is 1. The Morgan fingerprint density at radius 2 is 2.08 bits per heavy atom. The van der Waals surface area contributed by atoms with Crippen LogP contribution in [0.2, 0.25) is 0 Å². The van der Waals surface area contributed by atoms with Crippen molar-refractivity contribution in [2.45, 2.75) is 13.8 Å². The first-order valence-corrected chi connectivity index (χ1v) is 4.33. The molecule has 0 aromatic heterocycles. The van der Waals surface area contributed by atoms with Gasteiger partial charge in [0.2, 0.25) is 0 Å². The molecule has 0 radical (unpaired) electrons. The number of urea groups is 1. The highest BCUT2D eigenvalue weighted by molar-refractivity contribution is 5.71. The van der Waals surface area contributed by atoms with Gasteiger partial charge in [0.15, 0.2) is 0 Å². The molecule has 0 unspecified atom stereocenters. The van der Waals surface area contributed by atoms with E-state index in [2.05, 4.69) is 10.6 Å². The summed E-state index contributed by atoms with van der Waals surface area (Å²) in [5, 5.41) is 14.5. The van der Waals surface area contributed by atoms with Gasteiger partial charge in [-0.3, -0.25) is 0 Å². The summed E-state index contributed by atoms with van der Waals surface area (Å²) in [7, 11) is 0. The Bertz CT molecular complexity index is 159. The van der Waals surface area contributed by atoms with Crippen molar-refractivity contribution in [3.63, 3.8) is 0 Å². The number of hydrogen-bond acceptors (Lipinski definition) is 3. The van der Waals surface area contributed by atoms with Gasteiger partial charge in [0.1, 0.15) is 0 Å². The largest absolute Gasteiger partial charge is 0.396 e. The Morgan fingerprint density at radius 1 is 1.46 bits per heavy atom. The molecule has 0 saturated heterocycles. The van der Waals surface area contributed by atoms with Crippen molar-refractivity contribution in [3.05, 3.63) is 0 Å². The van der Waals surface area contributed by atoms with Gasteiger partial charge in [-0.2, -0.15) is 0 Å². The van der Waals surface area contributed by atoms with Gasteiger partial charge in [0.05, 0.1) is 0 Å². The van der Waals surface area contributed by atoms with E-state index in [0.717, 1.165) is 0 Å². The molecule has 0 atom stereocenters. The lowest BCUT2D eigenvalue weighted by Crippen LogP contribution is -2.39. The molecule has 5 nitrogen and oxygen atoms in total. The second kappa shape index (κ2) is 5.77. The highest BCUT2D eigenvalue weighted by Gasteiger charge is 2.14. The van der Waals surface area contributed by atoms with Crippen LogP contribution in [0, 0.1) is 5.41 Å². The standard InChI is InChI=1S/C8H19N3O2/c1-8(2,6-12)5-10-3-4-11-7(9)13/h10,12H,3-6H2,1-2H3,(H3,9,11,13). The number of nitrogens with two attached hydrogens (primary N) is 1. The first-order chi connectivity index (χ1) is 5.98. The summed E-state index contributed by atoms with van der Waals surface area (Å²) in [5.74, 6) is 0. The van der Waals surface area contributed by atoms with Gasteiger partial charge in [-0.25, -0.2) is 4.79 Å². The van der Waals surface area contributed by atoms with E-state index in [1.165, 1.54) is 0 Å². The fourth-order valence-corrected chi connectivity index (χ4v) is 0.757. The van der Waals surface area contributed by atoms with E-state index in [1.807, 2.05) is 13.8 Å². The maximum Gasteiger partial charge on any atom is 0.312 e. The van der Waals surface area contributed by atoms with E-state index < -0.39 is 6.03 Å². The molecule has 0 rings (SSSR count). The molecule has 0 aromatic rings. The second-order valence-corrected chi connectivity index (χ2v) is 3.79. The van der Waals surface area contributed by atoms with Crippen LogP contribution in [0.15, 0.2) is 0 Å². The number of aliphatic hydroxyl groups excluding tert-OH is 1. The average molecular weight is 189 g/mol. The third-order valence-corrected chi connectivity index (χ3v) is 1.63. The lowest BCUT2D eigenvalue weighted by atomic mass is 9.95. The zero-order valence-corrected chi connectivity index (χ0v) is 8.26. The fraction of sp³-hybridized carbons (Fsp3) is 0.875. The number of carbonyl (C=O) groups is 1. The predicted octanol–water partition coefficient (Wildman–Crippen LogP) is -0.737. The summed E-state index contributed by atoms with van der Waals surface area (Å²) in [6.07, 6.45) is 0. The summed E-state index contributed by atoms with van der Waals surface area (Å²) >= 11 is 0. The van der Waals surface area contributed by atoms with Gasteiger partial charge in [-0.05, 0) is 0 Å². The highest BCUT2D eigenvalue weighted by Crippen LogP contribution is 2.10. The zero-order chi connectivity index (χ0) is 10.3. The Labute approximate surface area is 78.7 Å². The van der Waals surface area contributed by atoms with E-state index in [-0.39, 0.29) is 12.0 Å². The van der Waals surface area contributed by atoms with E-state index in [1.54, 1.807) is 0 Å². The Balaban J connectivity index is 3.30. The fourth-order valence-electron chi connectivity index (χ4n) is 0.757. The molecule has 78 valence electrons. The van der Waals surface area contributed by atoms with Gasteiger partial charge in [0, 0.05) is 31.7 Å². The molecule has 5 heteroatoms. The minimum atomic E-state index is -0.511. The van der Waals surface area contributed by atoms with Crippen molar-refractivity contribution >= 4 is 6.03 Å². The summed E-state index contributed by atoms with van der Waals surface area (Å²) in [6, 6.07) is -0.511. The van der Waals surface area contributed by atoms with E-state index >= 15 is 0 Å². The number of primary amides is 1. The lowest BCUT2D eigenvalue weighted by molar-refractivity contribution is 0.157. The number of amides is 2. The van der Waals surface area contributed by atoms with Crippen LogP contribution in [0.3, 0.4) is 0 Å². The van der Waals surface area contributed by atoms with Crippen LogP contribution in [-0.2, 0) is 0 Å². The molecular weight excluding hydrogens is 170 g/mol. The minimum Gasteiger partial charge on any atom is -0.396 e. The van der Waals surface area contributed by atoms with Crippen molar-refractivity contribution < 1.29 is 9.90 Å². The normalized spacial score (nSPS) is 11.3. The molecule has 0 aliphatic carbocycles. The average Bonchev–Trinajstić information content (AvgIpc) is 2.03. The summed E-state index contributed by atoms with van der Waals surface area (Å²) in [5.41, 5.74) is 4.75. The molecule has 5 N–H and O–H groups in total. The van der Waals surface area contributed by atoms with E-state index in [4.69, 9.17) is 10.8 Å². The van der Waals surface area contributed by atoms with Crippen LogP contribution in [0.5, 0.6) is 0 Å². The third kappa shape index (κ3) is 7.55. The molecule has 0 spiro atoms. The first kappa shape index (κ1) is 12.2. The number of hydrogen-bond donors (Lipinski definition) is 4. The van der Waals surface area contributed by atoms with Crippen LogP contribution in [0.1, 0.15) is 13.8 Å². The maximum absolute atomic E-state index is 10.3. The predicted molar refractivity (Wildman–Crippen MR) is 51.3 cm³/mol. The number of carbonyl (C=O) groups excluding carboxylic acids is 1. The molecule has 0 aliphatic rings. The van der Waals surface area contributed by atoms with Crippen LogP contribution >= 0.6 is 0 Å². The van der Waals surface area contributed by atoms with Gasteiger partial charge in [-0.15, -0.1) is 0 Å². The first-order valence-electron chi connectivity index (χ1n) is 4.33. The molecule has 0 fully saturated rings. The molecule has 0 aliphatic heterocycles. The molecule has 0 heterocycles.